The highest BCUT2D eigenvalue weighted by Crippen LogP contribution is 2.42. The van der Waals surface area contributed by atoms with Gasteiger partial charge >= 0.3 is 0 Å². The number of hydrogen-bond acceptors (Lipinski definition) is 3. The molecule has 5 heteroatoms. The Kier molecular flexibility index (Phi) is 2.80. The Hall–Kier alpha value is -1.43. The first-order chi connectivity index (χ1) is 9.78. The minimum Gasteiger partial charge on any atom is -0.307 e. The third-order valence-electron chi connectivity index (χ3n) is 3.23. The fourth-order valence-electron chi connectivity index (χ4n) is 2.45. The molecule has 1 aromatic carbocycles. The third kappa shape index (κ3) is 1.70. The third-order valence-corrected chi connectivity index (χ3v) is 6.07. The normalized spacial score (nSPS) is 11.4. The lowest BCUT2D eigenvalue weighted by atomic mass is 10.3. The summed E-state index contributed by atoms with van der Waals surface area (Å²) in [6, 6.07) is 14.4. The molecule has 2 nitrogen and oxygen atoms in total. The van der Waals surface area contributed by atoms with Crippen molar-refractivity contribution in [2.45, 2.75) is 0 Å². The van der Waals surface area contributed by atoms with E-state index in [2.05, 4.69) is 38.7 Å². The quantitative estimate of drug-likeness (QED) is 0.433. The van der Waals surface area contributed by atoms with E-state index in [1.165, 1.54) is 14.9 Å². The van der Waals surface area contributed by atoms with Gasteiger partial charge < -0.3 is 4.57 Å². The Balaban J connectivity index is 2.18. The zero-order valence-electron chi connectivity index (χ0n) is 10.2. The van der Waals surface area contributed by atoms with Crippen molar-refractivity contribution in [3.05, 3.63) is 51.1 Å². The molecule has 0 saturated carbocycles. The molecule has 4 aromatic rings. The Morgan fingerprint density at radius 2 is 1.70 bits per heavy atom. The topological polar surface area (TPSA) is 22.0 Å². The Bertz CT molecular complexity index is 933. The standard InChI is InChI=1S/C15H8BrNOS2/c16-13-7-12-15(20-13)14-11(6-10(8-18)19-14)17(12)9-4-2-1-3-5-9/h1-8H. The number of carbonyl (C=O) groups excluding carboxylic acids is 1. The van der Waals surface area contributed by atoms with Crippen LogP contribution in [0.15, 0.2) is 46.3 Å². The number of fused-ring (bicyclic) bond motifs is 3. The van der Waals surface area contributed by atoms with E-state index in [9.17, 15) is 4.79 Å². The summed E-state index contributed by atoms with van der Waals surface area (Å²) in [6.07, 6.45) is 0.925. The minimum absolute atomic E-state index is 0.770. The number of benzene rings is 1. The number of para-hydroxylation sites is 1. The number of carbonyl (C=O) groups is 1. The summed E-state index contributed by atoms with van der Waals surface area (Å²) in [6.45, 7) is 0. The average molecular weight is 362 g/mol. The van der Waals surface area contributed by atoms with Crippen LogP contribution in [0.5, 0.6) is 0 Å². The van der Waals surface area contributed by atoms with Crippen LogP contribution >= 0.6 is 38.6 Å². The van der Waals surface area contributed by atoms with Gasteiger partial charge in [0.15, 0.2) is 6.29 Å². The van der Waals surface area contributed by atoms with Crippen molar-refractivity contribution in [3.8, 4) is 5.69 Å². The highest BCUT2D eigenvalue weighted by atomic mass is 79.9. The summed E-state index contributed by atoms with van der Waals surface area (Å²) in [5, 5.41) is 0. The largest absolute Gasteiger partial charge is 0.307 e. The summed E-state index contributed by atoms with van der Waals surface area (Å²) in [5.41, 5.74) is 3.41. The van der Waals surface area contributed by atoms with E-state index < -0.39 is 0 Å². The molecular formula is C15H8BrNOS2. The molecule has 0 radical (unpaired) electrons. The second kappa shape index (κ2) is 4.55. The van der Waals surface area contributed by atoms with Crippen LogP contribution in [-0.4, -0.2) is 10.9 Å². The minimum atomic E-state index is 0.770. The smallest absolute Gasteiger partial charge is 0.160 e. The molecule has 0 amide bonds. The SMILES string of the molecule is O=Cc1cc2c(s1)c1sc(Br)cc1n2-c1ccccc1. The van der Waals surface area contributed by atoms with Crippen LogP contribution in [0.25, 0.3) is 26.1 Å². The molecule has 0 bridgehead atoms. The monoisotopic (exact) mass is 361 g/mol. The molecule has 0 saturated heterocycles. The number of thiophene rings is 2. The Morgan fingerprint density at radius 3 is 2.45 bits per heavy atom. The molecule has 98 valence electrons. The van der Waals surface area contributed by atoms with Crippen molar-refractivity contribution in [1.82, 2.24) is 4.57 Å². The highest BCUT2D eigenvalue weighted by molar-refractivity contribution is 9.11. The van der Waals surface area contributed by atoms with Crippen molar-refractivity contribution in [1.29, 1.82) is 0 Å². The van der Waals surface area contributed by atoms with Crippen molar-refractivity contribution in [3.63, 3.8) is 0 Å². The van der Waals surface area contributed by atoms with Gasteiger partial charge in [0, 0.05) is 5.69 Å². The fraction of sp³-hybridized carbons (Fsp3) is 0. The first-order valence-corrected chi connectivity index (χ1v) is 8.44. The van der Waals surface area contributed by atoms with Gasteiger partial charge in [0.05, 0.1) is 29.1 Å². The van der Waals surface area contributed by atoms with Crippen molar-refractivity contribution in [2.75, 3.05) is 0 Å². The first kappa shape index (κ1) is 12.3. The molecule has 0 unspecified atom stereocenters. The predicted molar refractivity (Wildman–Crippen MR) is 89.6 cm³/mol. The average Bonchev–Trinajstić information content (AvgIpc) is 3.09. The number of nitrogens with zero attached hydrogens (tertiary/aromatic N) is 1. The van der Waals surface area contributed by atoms with E-state index in [0.29, 0.717) is 0 Å². The number of rotatable bonds is 2. The maximum atomic E-state index is 11.1. The zero-order chi connectivity index (χ0) is 13.7. The van der Waals surface area contributed by atoms with Gasteiger partial charge in [-0.15, -0.1) is 22.7 Å². The lowest BCUT2D eigenvalue weighted by Crippen LogP contribution is -1.91. The molecule has 3 aromatic heterocycles. The molecule has 0 spiro atoms. The highest BCUT2D eigenvalue weighted by Gasteiger charge is 2.17. The van der Waals surface area contributed by atoms with E-state index in [1.54, 1.807) is 22.7 Å². The lowest BCUT2D eigenvalue weighted by Gasteiger charge is -2.04. The molecule has 0 N–H and O–H groups in total. The molecule has 20 heavy (non-hydrogen) atoms. The lowest BCUT2D eigenvalue weighted by molar-refractivity contribution is 0.112. The Labute approximate surface area is 131 Å². The van der Waals surface area contributed by atoms with Crippen molar-refractivity contribution in [2.24, 2.45) is 0 Å². The number of hydrogen-bond donors (Lipinski definition) is 0. The van der Waals surface area contributed by atoms with E-state index in [0.717, 1.165) is 26.2 Å². The van der Waals surface area contributed by atoms with Crippen LogP contribution in [0.4, 0.5) is 0 Å². The summed E-state index contributed by atoms with van der Waals surface area (Å²) in [5.74, 6) is 0. The molecule has 4 rings (SSSR count). The van der Waals surface area contributed by atoms with Gasteiger partial charge in [0.25, 0.3) is 0 Å². The molecule has 0 fully saturated rings. The second-order valence-electron chi connectivity index (χ2n) is 4.42. The summed E-state index contributed by atoms with van der Waals surface area (Å²) in [4.78, 5) is 11.8. The fourth-order valence-corrected chi connectivity index (χ4v) is 5.13. The van der Waals surface area contributed by atoms with Crippen LogP contribution in [-0.2, 0) is 0 Å². The molecular weight excluding hydrogens is 354 g/mol. The molecule has 0 aliphatic heterocycles. The number of halogens is 1. The van der Waals surface area contributed by atoms with Crippen molar-refractivity contribution < 1.29 is 4.79 Å². The molecule has 0 atom stereocenters. The van der Waals surface area contributed by atoms with Crippen molar-refractivity contribution >= 4 is 65.3 Å². The van der Waals surface area contributed by atoms with Gasteiger partial charge in [0.1, 0.15) is 0 Å². The van der Waals surface area contributed by atoms with Gasteiger partial charge in [-0.25, -0.2) is 0 Å². The van der Waals surface area contributed by atoms with E-state index in [1.807, 2.05) is 24.3 Å². The van der Waals surface area contributed by atoms with Crippen LogP contribution in [0.1, 0.15) is 9.67 Å². The molecule has 0 aliphatic carbocycles. The van der Waals surface area contributed by atoms with Gasteiger partial charge in [-0.2, -0.15) is 0 Å². The number of aldehydes is 1. The van der Waals surface area contributed by atoms with E-state index in [4.69, 9.17) is 0 Å². The van der Waals surface area contributed by atoms with Gasteiger partial charge in [-0.1, -0.05) is 18.2 Å². The summed E-state index contributed by atoms with van der Waals surface area (Å²) in [7, 11) is 0. The molecule has 0 aliphatic rings. The summed E-state index contributed by atoms with van der Waals surface area (Å²) >= 11 is 6.83. The maximum absolute atomic E-state index is 11.1. The first-order valence-electron chi connectivity index (χ1n) is 6.02. The van der Waals surface area contributed by atoms with Crippen LogP contribution in [0, 0.1) is 0 Å². The Morgan fingerprint density at radius 1 is 1.00 bits per heavy atom. The van der Waals surface area contributed by atoms with Crippen LogP contribution < -0.4 is 0 Å². The zero-order valence-corrected chi connectivity index (χ0v) is 13.4. The maximum Gasteiger partial charge on any atom is 0.160 e. The number of aromatic nitrogens is 1. The van der Waals surface area contributed by atoms with Gasteiger partial charge in [0.2, 0.25) is 0 Å². The second-order valence-corrected chi connectivity index (χ2v) is 7.93. The van der Waals surface area contributed by atoms with Gasteiger partial charge in [-0.05, 0) is 40.2 Å². The van der Waals surface area contributed by atoms with Crippen LogP contribution in [0.2, 0.25) is 0 Å². The predicted octanol–water partition coefficient (Wildman–Crippen LogP) is 5.48. The van der Waals surface area contributed by atoms with E-state index in [-0.39, 0.29) is 0 Å². The van der Waals surface area contributed by atoms with Gasteiger partial charge in [-0.3, -0.25) is 4.79 Å². The van der Waals surface area contributed by atoms with E-state index >= 15 is 0 Å². The van der Waals surface area contributed by atoms with Crippen LogP contribution in [0.3, 0.4) is 0 Å². The molecule has 3 heterocycles. The summed E-state index contributed by atoms with van der Waals surface area (Å²) < 4.78 is 5.74.